The van der Waals surface area contributed by atoms with Crippen LogP contribution in [0.5, 0.6) is 0 Å². The predicted octanol–water partition coefficient (Wildman–Crippen LogP) is 3.23. The summed E-state index contributed by atoms with van der Waals surface area (Å²) < 4.78 is 38.1. The Labute approximate surface area is 103 Å². The van der Waals surface area contributed by atoms with Gasteiger partial charge in [0, 0.05) is 5.69 Å². The molecule has 0 spiro atoms. The van der Waals surface area contributed by atoms with Gasteiger partial charge < -0.3 is 10.4 Å². The molecule has 0 fully saturated rings. The lowest BCUT2D eigenvalue weighted by atomic mass is 10.0. The van der Waals surface area contributed by atoms with Gasteiger partial charge in [-0.15, -0.1) is 0 Å². The second-order valence-corrected chi connectivity index (χ2v) is 4.25. The molecule has 0 bridgehead atoms. The summed E-state index contributed by atoms with van der Waals surface area (Å²) in [6.45, 7) is 3.25. The van der Waals surface area contributed by atoms with E-state index in [2.05, 4.69) is 5.32 Å². The molecule has 0 amide bonds. The highest BCUT2D eigenvalue weighted by atomic mass is 19.4. The molecule has 0 radical (unpaired) electrons. The normalized spacial score (nSPS) is 13.4. The van der Waals surface area contributed by atoms with Crippen LogP contribution in [0.2, 0.25) is 0 Å². The number of hydrogen-bond acceptors (Lipinski definition) is 2. The highest BCUT2D eigenvalue weighted by molar-refractivity contribution is 5.78. The van der Waals surface area contributed by atoms with E-state index in [9.17, 15) is 18.0 Å². The zero-order valence-electron chi connectivity index (χ0n) is 9.95. The van der Waals surface area contributed by atoms with Crippen LogP contribution in [0.3, 0.4) is 0 Å². The second kappa shape index (κ2) is 5.29. The molecule has 0 aliphatic carbocycles. The van der Waals surface area contributed by atoms with Crippen LogP contribution in [0.25, 0.3) is 0 Å². The Morgan fingerprint density at radius 2 is 1.83 bits per heavy atom. The molecular formula is C12H14F3NO2. The van der Waals surface area contributed by atoms with Gasteiger partial charge in [0.05, 0.1) is 5.56 Å². The number of rotatable bonds is 4. The largest absolute Gasteiger partial charge is 0.480 e. The van der Waals surface area contributed by atoms with Crippen molar-refractivity contribution in [2.24, 2.45) is 5.92 Å². The SMILES string of the molecule is CC(C)[C@H](Nc1ccccc1C(F)(F)F)C(=O)O. The molecule has 1 atom stereocenters. The van der Waals surface area contributed by atoms with Gasteiger partial charge >= 0.3 is 12.1 Å². The van der Waals surface area contributed by atoms with Crippen molar-refractivity contribution < 1.29 is 23.1 Å². The van der Waals surface area contributed by atoms with Gasteiger partial charge in [-0.05, 0) is 18.1 Å². The van der Waals surface area contributed by atoms with Crippen LogP contribution in [0.4, 0.5) is 18.9 Å². The van der Waals surface area contributed by atoms with Crippen molar-refractivity contribution in [3.8, 4) is 0 Å². The van der Waals surface area contributed by atoms with Crippen molar-refractivity contribution in [1.29, 1.82) is 0 Å². The summed E-state index contributed by atoms with van der Waals surface area (Å²) in [5, 5.41) is 11.4. The molecule has 2 N–H and O–H groups in total. The van der Waals surface area contributed by atoms with E-state index in [0.717, 1.165) is 6.07 Å². The molecule has 1 aromatic carbocycles. The standard InChI is InChI=1S/C12H14F3NO2/c1-7(2)10(11(17)18)16-9-6-4-3-5-8(9)12(13,14)15/h3-7,10,16H,1-2H3,(H,17,18)/t10-/m0/s1. The average Bonchev–Trinajstić information content (AvgIpc) is 2.24. The van der Waals surface area contributed by atoms with Gasteiger partial charge in [0.1, 0.15) is 6.04 Å². The van der Waals surface area contributed by atoms with Crippen molar-refractivity contribution in [3.05, 3.63) is 29.8 Å². The van der Waals surface area contributed by atoms with Crippen molar-refractivity contribution in [1.82, 2.24) is 0 Å². The van der Waals surface area contributed by atoms with Gasteiger partial charge in [-0.25, -0.2) is 4.79 Å². The number of nitrogens with one attached hydrogen (secondary N) is 1. The summed E-state index contributed by atoms with van der Waals surface area (Å²) in [5.74, 6) is -1.51. The van der Waals surface area contributed by atoms with E-state index < -0.39 is 23.8 Å². The van der Waals surface area contributed by atoms with Gasteiger partial charge in [-0.3, -0.25) is 0 Å². The van der Waals surface area contributed by atoms with Crippen LogP contribution in [0.15, 0.2) is 24.3 Å². The van der Waals surface area contributed by atoms with Gasteiger partial charge in [0.25, 0.3) is 0 Å². The molecule has 0 unspecified atom stereocenters. The van der Waals surface area contributed by atoms with Crippen LogP contribution in [-0.4, -0.2) is 17.1 Å². The van der Waals surface area contributed by atoms with Crippen LogP contribution in [-0.2, 0) is 11.0 Å². The summed E-state index contributed by atoms with van der Waals surface area (Å²) in [6, 6.07) is 3.77. The summed E-state index contributed by atoms with van der Waals surface area (Å²) >= 11 is 0. The third-order valence-electron chi connectivity index (χ3n) is 2.48. The fourth-order valence-electron chi connectivity index (χ4n) is 1.54. The number of aliphatic carboxylic acids is 1. The molecule has 0 saturated carbocycles. The van der Waals surface area contributed by atoms with Crippen LogP contribution >= 0.6 is 0 Å². The molecular weight excluding hydrogens is 247 g/mol. The Balaban J connectivity index is 3.07. The van der Waals surface area contributed by atoms with E-state index in [1.165, 1.54) is 18.2 Å². The van der Waals surface area contributed by atoms with E-state index in [-0.39, 0.29) is 11.6 Å². The zero-order chi connectivity index (χ0) is 13.9. The van der Waals surface area contributed by atoms with Crippen LogP contribution in [0.1, 0.15) is 19.4 Å². The minimum Gasteiger partial charge on any atom is -0.480 e. The number of benzene rings is 1. The number of carboxylic acid groups (broad SMARTS) is 1. The van der Waals surface area contributed by atoms with Crippen molar-refractivity contribution in [2.45, 2.75) is 26.1 Å². The van der Waals surface area contributed by atoms with Gasteiger partial charge in [-0.2, -0.15) is 13.2 Å². The van der Waals surface area contributed by atoms with Gasteiger partial charge in [0.15, 0.2) is 0 Å². The molecule has 100 valence electrons. The lowest BCUT2D eigenvalue weighted by Crippen LogP contribution is -2.35. The lowest BCUT2D eigenvalue weighted by molar-refractivity contribution is -0.140. The summed E-state index contributed by atoms with van der Waals surface area (Å²) in [5.41, 5.74) is -1.08. The molecule has 0 aliphatic heterocycles. The average molecular weight is 261 g/mol. The number of halogens is 3. The van der Waals surface area contributed by atoms with E-state index in [4.69, 9.17) is 5.11 Å². The number of carboxylic acids is 1. The third-order valence-corrected chi connectivity index (χ3v) is 2.48. The van der Waals surface area contributed by atoms with Crippen molar-refractivity contribution >= 4 is 11.7 Å². The number of hydrogen-bond donors (Lipinski definition) is 2. The number of carbonyl (C=O) groups is 1. The molecule has 0 aromatic heterocycles. The zero-order valence-corrected chi connectivity index (χ0v) is 9.95. The number of alkyl halides is 3. The first-order valence-electron chi connectivity index (χ1n) is 5.39. The minimum absolute atomic E-state index is 0.217. The molecule has 1 aromatic rings. The van der Waals surface area contributed by atoms with E-state index in [1.54, 1.807) is 13.8 Å². The van der Waals surface area contributed by atoms with Crippen LogP contribution in [0, 0.1) is 5.92 Å². The monoisotopic (exact) mass is 261 g/mol. The highest BCUT2D eigenvalue weighted by Crippen LogP contribution is 2.35. The van der Waals surface area contributed by atoms with E-state index >= 15 is 0 Å². The van der Waals surface area contributed by atoms with Crippen molar-refractivity contribution in [2.75, 3.05) is 5.32 Å². The van der Waals surface area contributed by atoms with E-state index in [1.807, 2.05) is 0 Å². The number of anilines is 1. The summed E-state index contributed by atoms with van der Waals surface area (Å²) in [6.07, 6.45) is -4.51. The smallest absolute Gasteiger partial charge is 0.418 e. The highest BCUT2D eigenvalue weighted by Gasteiger charge is 2.34. The quantitative estimate of drug-likeness (QED) is 0.874. The second-order valence-electron chi connectivity index (χ2n) is 4.25. The Morgan fingerprint density at radius 1 is 1.28 bits per heavy atom. The molecule has 0 saturated heterocycles. The fraction of sp³-hybridized carbons (Fsp3) is 0.417. The number of para-hydroxylation sites is 1. The first kappa shape index (κ1) is 14.3. The maximum absolute atomic E-state index is 12.7. The molecule has 1 rings (SSSR count). The Bertz CT molecular complexity index is 430. The Morgan fingerprint density at radius 3 is 2.28 bits per heavy atom. The Hall–Kier alpha value is -1.72. The molecule has 6 heteroatoms. The van der Waals surface area contributed by atoms with Gasteiger partial charge in [0.2, 0.25) is 0 Å². The minimum atomic E-state index is -4.51. The third kappa shape index (κ3) is 3.38. The van der Waals surface area contributed by atoms with Crippen LogP contribution < -0.4 is 5.32 Å². The van der Waals surface area contributed by atoms with Gasteiger partial charge in [-0.1, -0.05) is 26.0 Å². The fourth-order valence-corrected chi connectivity index (χ4v) is 1.54. The summed E-state index contributed by atoms with van der Waals surface area (Å²) in [4.78, 5) is 11.0. The lowest BCUT2D eigenvalue weighted by Gasteiger charge is -2.21. The molecule has 0 aliphatic rings. The van der Waals surface area contributed by atoms with E-state index in [0.29, 0.717) is 0 Å². The predicted molar refractivity (Wildman–Crippen MR) is 61.3 cm³/mol. The maximum atomic E-state index is 12.7. The Kier molecular flexibility index (Phi) is 4.21. The van der Waals surface area contributed by atoms with Crippen molar-refractivity contribution in [3.63, 3.8) is 0 Å². The maximum Gasteiger partial charge on any atom is 0.418 e. The topological polar surface area (TPSA) is 49.3 Å². The summed E-state index contributed by atoms with van der Waals surface area (Å²) in [7, 11) is 0. The molecule has 0 heterocycles. The first-order chi connectivity index (χ1) is 8.23. The first-order valence-corrected chi connectivity index (χ1v) is 5.39. The molecule has 3 nitrogen and oxygen atoms in total. The molecule has 18 heavy (non-hydrogen) atoms.